The van der Waals surface area contributed by atoms with Crippen LogP contribution in [0, 0.1) is 6.92 Å². The fourth-order valence-electron chi connectivity index (χ4n) is 5.00. The van der Waals surface area contributed by atoms with Gasteiger partial charge in [0, 0.05) is 45.0 Å². The van der Waals surface area contributed by atoms with Gasteiger partial charge in [-0.25, -0.2) is 4.79 Å². The zero-order valence-corrected chi connectivity index (χ0v) is 22.7. The van der Waals surface area contributed by atoms with Crippen LogP contribution < -0.4 is 25.0 Å². The number of anilines is 2. The summed E-state index contributed by atoms with van der Waals surface area (Å²) in [4.78, 5) is 16.2. The van der Waals surface area contributed by atoms with Gasteiger partial charge in [-0.05, 0) is 69.5 Å². The third-order valence-corrected chi connectivity index (χ3v) is 6.85. The maximum Gasteiger partial charge on any atom is 0.318 e. The maximum atomic E-state index is 11.0. The van der Waals surface area contributed by atoms with Crippen molar-refractivity contribution in [2.45, 2.75) is 65.0 Å². The van der Waals surface area contributed by atoms with Gasteiger partial charge in [-0.2, -0.15) is 0 Å². The first-order valence-electron chi connectivity index (χ1n) is 13.3. The zero-order valence-electron chi connectivity index (χ0n) is 22.7. The third kappa shape index (κ3) is 8.05. The Balaban J connectivity index is 0.000000223. The van der Waals surface area contributed by atoms with Gasteiger partial charge in [0.05, 0.1) is 18.9 Å². The maximum absolute atomic E-state index is 11.0. The first-order valence-corrected chi connectivity index (χ1v) is 13.3. The van der Waals surface area contributed by atoms with E-state index in [0.717, 1.165) is 41.9 Å². The molecule has 1 heterocycles. The lowest BCUT2D eigenvalue weighted by Crippen LogP contribution is -2.50. The average molecular weight is 497 g/mol. The molecule has 0 radical (unpaired) electrons. The van der Waals surface area contributed by atoms with E-state index < -0.39 is 0 Å². The fraction of sp³-hybridized carbons (Fsp3) is 0.552. The number of aryl methyl sites for hydroxylation is 1. The van der Waals surface area contributed by atoms with Crippen molar-refractivity contribution in [1.29, 1.82) is 0 Å². The number of rotatable bonds is 6. The molecule has 0 bridgehead atoms. The summed E-state index contributed by atoms with van der Waals surface area (Å²) in [6.07, 6.45) is 7.34. The highest BCUT2D eigenvalue weighted by Crippen LogP contribution is 2.31. The molecular weight excluding hydrogens is 452 g/mol. The molecule has 0 spiro atoms. The molecule has 0 aromatic heterocycles. The lowest BCUT2D eigenvalue weighted by molar-refractivity contribution is 0.147. The molecule has 1 aliphatic carbocycles. The number of carbonyl (C=O) groups excluding carboxylic acids is 1. The molecule has 0 unspecified atom stereocenters. The van der Waals surface area contributed by atoms with Crippen LogP contribution in [0.2, 0.25) is 0 Å². The number of urea groups is 1. The fourth-order valence-corrected chi connectivity index (χ4v) is 5.00. The van der Waals surface area contributed by atoms with Crippen LogP contribution in [0.5, 0.6) is 11.5 Å². The van der Waals surface area contributed by atoms with Crippen molar-refractivity contribution in [1.82, 2.24) is 10.2 Å². The van der Waals surface area contributed by atoms with Gasteiger partial charge in [0.2, 0.25) is 0 Å². The van der Waals surface area contributed by atoms with Crippen LogP contribution in [-0.2, 0) is 0 Å². The smallest absolute Gasteiger partial charge is 0.318 e. The summed E-state index contributed by atoms with van der Waals surface area (Å²) in [6, 6.07) is 14.6. The van der Waals surface area contributed by atoms with E-state index in [1.807, 2.05) is 19.1 Å². The number of benzene rings is 2. The monoisotopic (exact) mass is 496 g/mol. The molecule has 7 heteroatoms. The lowest BCUT2D eigenvalue weighted by Gasteiger charge is -2.41. The second kappa shape index (κ2) is 14.0. The van der Waals surface area contributed by atoms with Crippen molar-refractivity contribution in [2.75, 3.05) is 50.6 Å². The van der Waals surface area contributed by atoms with Crippen molar-refractivity contribution >= 4 is 17.4 Å². The second-order valence-corrected chi connectivity index (χ2v) is 9.84. The standard InChI is InChI=1S/C19H30N2O.C10H14N2O2/c1-16(2)22-19-11-7-6-10-18(19)21-14-12-20(13-15-21)17-8-4-3-5-9-17;1-7-6-8(12-10(13)11-2)4-5-9(7)14-3/h6-7,10-11,16-17H,3-5,8-9,12-15H2,1-2H3;4-6H,1-3H3,(H2,11,12,13). The van der Waals surface area contributed by atoms with Crippen molar-refractivity contribution in [3.05, 3.63) is 48.0 Å². The second-order valence-electron chi connectivity index (χ2n) is 9.84. The quantitative estimate of drug-likeness (QED) is 0.538. The molecule has 2 amide bonds. The minimum absolute atomic E-state index is 0.227. The van der Waals surface area contributed by atoms with Gasteiger partial charge in [-0.3, -0.25) is 4.90 Å². The lowest BCUT2D eigenvalue weighted by atomic mass is 9.94. The SMILES string of the molecule is CC(C)Oc1ccccc1N1CCN(C2CCCCC2)CC1.CNC(=O)Nc1ccc(OC)c(C)c1. The summed E-state index contributed by atoms with van der Waals surface area (Å²) in [5.74, 6) is 1.84. The van der Waals surface area contributed by atoms with Crippen molar-refractivity contribution in [2.24, 2.45) is 0 Å². The number of piperazine rings is 1. The number of amides is 2. The molecule has 2 aliphatic rings. The molecule has 0 atom stereocenters. The van der Waals surface area contributed by atoms with E-state index in [2.05, 4.69) is 58.5 Å². The van der Waals surface area contributed by atoms with Gasteiger partial charge in [-0.15, -0.1) is 0 Å². The predicted octanol–water partition coefficient (Wildman–Crippen LogP) is 5.68. The number of para-hydroxylation sites is 2. The van der Waals surface area contributed by atoms with E-state index >= 15 is 0 Å². The van der Waals surface area contributed by atoms with Crippen LogP contribution in [0.15, 0.2) is 42.5 Å². The zero-order chi connectivity index (χ0) is 25.9. The van der Waals surface area contributed by atoms with Crippen molar-refractivity contribution in [3.8, 4) is 11.5 Å². The van der Waals surface area contributed by atoms with Gasteiger partial charge in [-0.1, -0.05) is 31.4 Å². The van der Waals surface area contributed by atoms with Crippen LogP contribution in [0.25, 0.3) is 0 Å². The average Bonchev–Trinajstić information content (AvgIpc) is 2.90. The Morgan fingerprint density at radius 1 is 0.972 bits per heavy atom. The first-order chi connectivity index (χ1) is 17.4. The summed E-state index contributed by atoms with van der Waals surface area (Å²) in [6.45, 7) is 10.7. The van der Waals surface area contributed by atoms with Gasteiger partial charge < -0.3 is 25.0 Å². The summed E-state index contributed by atoms with van der Waals surface area (Å²) in [5, 5.41) is 5.16. The Morgan fingerprint density at radius 2 is 1.67 bits per heavy atom. The number of carbonyl (C=O) groups is 1. The summed E-state index contributed by atoms with van der Waals surface area (Å²) < 4.78 is 11.1. The topological polar surface area (TPSA) is 66.1 Å². The summed E-state index contributed by atoms with van der Waals surface area (Å²) in [5.41, 5.74) is 3.00. The van der Waals surface area contributed by atoms with E-state index in [1.54, 1.807) is 20.2 Å². The Kier molecular flexibility index (Phi) is 10.7. The van der Waals surface area contributed by atoms with E-state index in [1.165, 1.54) is 50.9 Å². The molecule has 36 heavy (non-hydrogen) atoms. The number of nitrogens with zero attached hydrogens (tertiary/aromatic N) is 2. The van der Waals surface area contributed by atoms with E-state index in [-0.39, 0.29) is 12.1 Å². The molecule has 2 N–H and O–H groups in total. The van der Waals surface area contributed by atoms with Crippen molar-refractivity contribution < 1.29 is 14.3 Å². The summed E-state index contributed by atoms with van der Waals surface area (Å²) >= 11 is 0. The normalized spacial score (nSPS) is 16.7. The van der Waals surface area contributed by atoms with Crippen molar-refractivity contribution in [3.63, 3.8) is 0 Å². The van der Waals surface area contributed by atoms with Crippen LogP contribution >= 0.6 is 0 Å². The molecular formula is C29H44N4O3. The molecule has 1 aliphatic heterocycles. The Hall–Kier alpha value is -2.93. The molecule has 4 rings (SSSR count). The molecule has 2 fully saturated rings. The van der Waals surface area contributed by atoms with Gasteiger partial charge in [0.15, 0.2) is 0 Å². The molecule has 198 valence electrons. The van der Waals surface area contributed by atoms with E-state index in [0.29, 0.717) is 0 Å². The number of nitrogens with one attached hydrogen (secondary N) is 2. The van der Waals surface area contributed by atoms with Gasteiger partial charge in [0.25, 0.3) is 0 Å². The third-order valence-electron chi connectivity index (χ3n) is 6.85. The number of hydrogen-bond acceptors (Lipinski definition) is 5. The highest BCUT2D eigenvalue weighted by atomic mass is 16.5. The van der Waals surface area contributed by atoms with E-state index in [9.17, 15) is 4.79 Å². The number of methoxy groups -OCH3 is 1. The molecule has 1 saturated carbocycles. The first kappa shape index (κ1) is 27.7. The number of ether oxygens (including phenoxy) is 2. The molecule has 2 aromatic carbocycles. The molecule has 2 aromatic rings. The molecule has 1 saturated heterocycles. The minimum atomic E-state index is -0.227. The highest BCUT2D eigenvalue weighted by Gasteiger charge is 2.26. The summed E-state index contributed by atoms with van der Waals surface area (Å²) in [7, 11) is 3.19. The Labute approximate surface area is 217 Å². The molecule has 7 nitrogen and oxygen atoms in total. The van der Waals surface area contributed by atoms with Crippen LogP contribution in [0.3, 0.4) is 0 Å². The Bertz CT molecular complexity index is 951. The number of hydrogen-bond donors (Lipinski definition) is 2. The Morgan fingerprint density at radius 3 is 2.28 bits per heavy atom. The minimum Gasteiger partial charge on any atom is -0.496 e. The predicted molar refractivity (Wildman–Crippen MR) is 149 cm³/mol. The van der Waals surface area contributed by atoms with Gasteiger partial charge >= 0.3 is 6.03 Å². The largest absolute Gasteiger partial charge is 0.496 e. The van der Waals surface area contributed by atoms with Crippen LogP contribution in [-0.4, -0.2) is 63.4 Å². The van der Waals surface area contributed by atoms with Crippen LogP contribution in [0.4, 0.5) is 16.2 Å². The van der Waals surface area contributed by atoms with E-state index in [4.69, 9.17) is 9.47 Å². The van der Waals surface area contributed by atoms with Gasteiger partial charge in [0.1, 0.15) is 11.5 Å². The van der Waals surface area contributed by atoms with Crippen LogP contribution in [0.1, 0.15) is 51.5 Å². The highest BCUT2D eigenvalue weighted by molar-refractivity contribution is 5.89.